The number of hydrogen-bond donors (Lipinski definition) is 6. The minimum Gasteiger partial charge on any atom is -0.508 e. The summed E-state index contributed by atoms with van der Waals surface area (Å²) in [5.41, 5.74) is 0.561. The van der Waals surface area contributed by atoms with Crippen LogP contribution in [-0.2, 0) is 19.1 Å². The average molecular weight is 909 g/mol. The summed E-state index contributed by atoms with van der Waals surface area (Å²) in [5, 5.41) is 58.0. The molecule has 0 fully saturated rings. The van der Waals surface area contributed by atoms with Crippen LogP contribution in [0.1, 0.15) is 168 Å². The van der Waals surface area contributed by atoms with Crippen molar-refractivity contribution in [3.8, 4) is 35.2 Å². The van der Waals surface area contributed by atoms with Crippen LogP contribution in [0.4, 0.5) is 0 Å². The standard InChI is InChI=1S/C19H36O4.C19H34O4.C15H10O4/c2*1-3-4-5-6-7-8-9-10-11-12-13-14-18(21)15-19(22)16-23-17(2)20;16-10-6-11(17)15-12(18)8-13(19-14(15)7-10)9-4-2-1-3-5-9/h3,18-19,21-22H,1,4-16H2,2H3;1,18-19,21-22H,4-16H2,2H3;1-8,16-17H. The Labute approximate surface area is 388 Å². The molecular formula is C53H80O12. The van der Waals surface area contributed by atoms with Crippen LogP contribution in [0, 0.1) is 12.3 Å². The molecule has 0 amide bonds. The number of aromatic hydroxyl groups is 2. The van der Waals surface area contributed by atoms with Crippen molar-refractivity contribution in [3.63, 3.8) is 0 Å². The minimum atomic E-state index is -0.775. The Balaban J connectivity index is 0.000000489. The molecule has 12 heteroatoms. The second-order valence-electron chi connectivity index (χ2n) is 16.8. The monoisotopic (exact) mass is 909 g/mol. The van der Waals surface area contributed by atoms with Crippen molar-refractivity contribution in [3.05, 3.63) is 71.4 Å². The van der Waals surface area contributed by atoms with Crippen molar-refractivity contribution in [2.24, 2.45) is 0 Å². The van der Waals surface area contributed by atoms with Crippen LogP contribution in [0.15, 0.2) is 70.4 Å². The zero-order valence-electron chi connectivity index (χ0n) is 39.3. The van der Waals surface area contributed by atoms with Crippen LogP contribution in [-0.4, -0.2) is 80.2 Å². The van der Waals surface area contributed by atoms with E-state index < -0.39 is 36.4 Å². The molecule has 364 valence electrons. The molecule has 0 saturated carbocycles. The SMILES string of the molecule is C#CCCCCCCCCCCCC(O)CC(O)COC(C)=O.C=CCCCCCCCCCCCC(O)CC(O)COC(C)=O.O=c1cc(-c2ccccc2)oc2cc(O)cc(O)c12. The zero-order valence-corrected chi connectivity index (χ0v) is 39.3. The van der Waals surface area contributed by atoms with E-state index >= 15 is 0 Å². The molecule has 2 aromatic carbocycles. The third kappa shape index (κ3) is 31.0. The summed E-state index contributed by atoms with van der Waals surface area (Å²) in [4.78, 5) is 33.2. The molecule has 6 N–H and O–H groups in total. The summed E-state index contributed by atoms with van der Waals surface area (Å²) >= 11 is 0. The van der Waals surface area contributed by atoms with E-state index in [4.69, 9.17) is 20.3 Å². The predicted octanol–water partition coefficient (Wildman–Crippen LogP) is 10.6. The number of benzene rings is 2. The van der Waals surface area contributed by atoms with Gasteiger partial charge in [0, 0.05) is 56.9 Å². The topological polar surface area (TPSA) is 204 Å². The first kappa shape index (κ1) is 58.3. The molecule has 12 nitrogen and oxygen atoms in total. The molecule has 65 heavy (non-hydrogen) atoms. The number of carbonyl (C=O) groups excluding carboxylic acids is 2. The van der Waals surface area contributed by atoms with Gasteiger partial charge in [0.2, 0.25) is 0 Å². The van der Waals surface area contributed by atoms with E-state index in [-0.39, 0.29) is 54.0 Å². The Hall–Kier alpha value is -4.67. The number of phenols is 2. The fourth-order valence-corrected chi connectivity index (χ4v) is 7.18. The molecule has 0 aliphatic rings. The van der Waals surface area contributed by atoms with Crippen molar-refractivity contribution in [1.82, 2.24) is 0 Å². The smallest absolute Gasteiger partial charge is 0.302 e. The van der Waals surface area contributed by atoms with Crippen molar-refractivity contribution in [2.75, 3.05) is 13.2 Å². The molecule has 3 rings (SSSR count). The largest absolute Gasteiger partial charge is 0.508 e. The minimum absolute atomic E-state index is 0.0286. The molecule has 1 heterocycles. The van der Waals surface area contributed by atoms with E-state index in [0.29, 0.717) is 18.6 Å². The number of esters is 2. The first-order chi connectivity index (χ1) is 31.3. The number of aliphatic hydroxyl groups excluding tert-OH is 4. The number of carbonyl (C=O) groups is 2. The Morgan fingerprint density at radius 2 is 1.11 bits per heavy atom. The average Bonchev–Trinajstić information content (AvgIpc) is 3.26. The summed E-state index contributed by atoms with van der Waals surface area (Å²) in [7, 11) is 0. The lowest BCUT2D eigenvalue weighted by molar-refractivity contribution is -0.145. The van der Waals surface area contributed by atoms with Gasteiger partial charge >= 0.3 is 11.9 Å². The van der Waals surface area contributed by atoms with Gasteiger partial charge in [-0.05, 0) is 32.1 Å². The van der Waals surface area contributed by atoms with Crippen LogP contribution in [0.25, 0.3) is 22.3 Å². The van der Waals surface area contributed by atoms with Gasteiger partial charge in [-0.25, -0.2) is 0 Å². The molecule has 0 saturated heterocycles. The Kier molecular flexibility index (Phi) is 33.7. The summed E-state index contributed by atoms with van der Waals surface area (Å²) in [5.74, 6) is 1.81. The molecule has 0 radical (unpaired) electrons. The van der Waals surface area contributed by atoms with Crippen LogP contribution in [0.3, 0.4) is 0 Å². The van der Waals surface area contributed by atoms with Gasteiger partial charge in [-0.3, -0.25) is 14.4 Å². The number of allylic oxidation sites excluding steroid dienone is 1. The first-order valence-corrected chi connectivity index (χ1v) is 23.9. The molecular weight excluding hydrogens is 829 g/mol. The molecule has 1 aromatic heterocycles. The van der Waals surface area contributed by atoms with Crippen LogP contribution in [0.2, 0.25) is 0 Å². The van der Waals surface area contributed by atoms with Gasteiger partial charge in [0.25, 0.3) is 0 Å². The molecule has 4 unspecified atom stereocenters. The van der Waals surface area contributed by atoms with Crippen molar-refractivity contribution in [1.29, 1.82) is 0 Å². The van der Waals surface area contributed by atoms with Gasteiger partial charge in [0.15, 0.2) is 5.43 Å². The van der Waals surface area contributed by atoms with Crippen molar-refractivity contribution >= 4 is 22.9 Å². The van der Waals surface area contributed by atoms with E-state index in [1.165, 1.54) is 109 Å². The number of terminal acetylenes is 1. The third-order valence-electron chi connectivity index (χ3n) is 10.7. The maximum absolute atomic E-state index is 12.0. The normalized spacial score (nSPS) is 12.6. The second-order valence-corrected chi connectivity index (χ2v) is 16.8. The van der Waals surface area contributed by atoms with Crippen LogP contribution >= 0.6 is 0 Å². The highest BCUT2D eigenvalue weighted by molar-refractivity contribution is 5.86. The second kappa shape index (κ2) is 37.5. The summed E-state index contributed by atoms with van der Waals surface area (Å²) in [6.45, 7) is 6.28. The molecule has 4 atom stereocenters. The van der Waals surface area contributed by atoms with Gasteiger partial charge in [0.05, 0.1) is 24.4 Å². The maximum Gasteiger partial charge on any atom is 0.302 e. The van der Waals surface area contributed by atoms with E-state index in [0.717, 1.165) is 56.6 Å². The number of hydrogen-bond acceptors (Lipinski definition) is 12. The summed E-state index contributed by atoms with van der Waals surface area (Å²) in [6, 6.07) is 12.9. The van der Waals surface area contributed by atoms with E-state index in [2.05, 4.69) is 12.5 Å². The summed E-state index contributed by atoms with van der Waals surface area (Å²) in [6.07, 6.45) is 30.5. The van der Waals surface area contributed by atoms with Crippen molar-refractivity contribution in [2.45, 2.75) is 192 Å². The Morgan fingerprint density at radius 1 is 0.662 bits per heavy atom. The fraction of sp³-hybridized carbons (Fsp3) is 0.604. The lowest BCUT2D eigenvalue weighted by Gasteiger charge is -2.15. The maximum atomic E-state index is 12.0. The lowest BCUT2D eigenvalue weighted by atomic mass is 10.0. The zero-order chi connectivity index (χ0) is 48.1. The Bertz CT molecular complexity index is 1800. The number of fused-ring (bicyclic) bond motifs is 1. The number of ether oxygens (including phenoxy) is 2. The van der Waals surface area contributed by atoms with Crippen molar-refractivity contribution < 1.29 is 54.1 Å². The first-order valence-electron chi connectivity index (χ1n) is 23.9. The van der Waals surface area contributed by atoms with Gasteiger partial charge in [0.1, 0.15) is 41.4 Å². The van der Waals surface area contributed by atoms with Gasteiger partial charge in [-0.2, -0.15) is 0 Å². The van der Waals surface area contributed by atoms with E-state index in [9.17, 15) is 45.0 Å². The van der Waals surface area contributed by atoms with E-state index in [1.54, 1.807) is 0 Å². The van der Waals surface area contributed by atoms with Gasteiger partial charge < -0.3 is 44.5 Å². The van der Waals surface area contributed by atoms with Crippen LogP contribution in [0.5, 0.6) is 11.5 Å². The Morgan fingerprint density at radius 3 is 1.55 bits per heavy atom. The van der Waals surface area contributed by atoms with E-state index in [1.807, 2.05) is 36.4 Å². The highest BCUT2D eigenvalue weighted by Crippen LogP contribution is 2.30. The molecule has 0 aliphatic heterocycles. The number of aliphatic hydroxyl groups is 4. The molecule has 0 bridgehead atoms. The quantitative estimate of drug-likeness (QED) is 0.0150. The number of unbranched alkanes of at least 4 members (excludes halogenated alkanes) is 18. The number of rotatable bonds is 32. The molecule has 0 aliphatic carbocycles. The number of phenolic OH excluding ortho intramolecular Hbond substituents is 2. The molecule has 0 spiro atoms. The molecule has 3 aromatic rings. The van der Waals surface area contributed by atoms with Crippen LogP contribution < -0.4 is 5.43 Å². The summed E-state index contributed by atoms with van der Waals surface area (Å²) < 4.78 is 15.0. The third-order valence-corrected chi connectivity index (χ3v) is 10.7. The van der Waals surface area contributed by atoms with Gasteiger partial charge in [-0.1, -0.05) is 139 Å². The highest BCUT2D eigenvalue weighted by atomic mass is 16.5. The lowest BCUT2D eigenvalue weighted by Crippen LogP contribution is -2.23. The predicted molar refractivity (Wildman–Crippen MR) is 258 cm³/mol. The highest BCUT2D eigenvalue weighted by Gasteiger charge is 2.15. The van der Waals surface area contributed by atoms with Gasteiger partial charge in [-0.15, -0.1) is 18.9 Å². The fourth-order valence-electron chi connectivity index (χ4n) is 7.18.